The molecule has 2 aromatic rings. The average Bonchev–Trinajstić information content (AvgIpc) is 2.59. The molecule has 0 aliphatic carbocycles. The number of esters is 1. The van der Waals surface area contributed by atoms with Gasteiger partial charge in [0.05, 0.1) is 16.3 Å². The Morgan fingerprint density at radius 3 is 2.71 bits per heavy atom. The number of nitrogens with zero attached hydrogens (tertiary/aromatic N) is 2. The van der Waals surface area contributed by atoms with E-state index in [-0.39, 0.29) is 23.7 Å². The first-order chi connectivity index (χ1) is 13.0. The van der Waals surface area contributed by atoms with Gasteiger partial charge in [-0.2, -0.15) is 0 Å². The van der Waals surface area contributed by atoms with Crippen molar-refractivity contribution in [2.45, 2.75) is 37.7 Å². The van der Waals surface area contributed by atoms with Gasteiger partial charge in [-0.05, 0) is 32.9 Å². The van der Waals surface area contributed by atoms with Gasteiger partial charge < -0.3 is 10.2 Å². The molecule has 4 N–H and O–H groups in total. The number of aliphatic imine (C=N–C) groups is 1. The number of aromatic nitrogens is 1. The lowest BCUT2D eigenvalue weighted by Gasteiger charge is -2.19. The Morgan fingerprint density at radius 2 is 2.07 bits per heavy atom. The number of hydrogen-bond acceptors (Lipinski definition) is 7. The first-order valence-electron chi connectivity index (χ1n) is 8.32. The van der Waals surface area contributed by atoms with Gasteiger partial charge in [0.25, 0.3) is 0 Å². The second-order valence-corrected chi connectivity index (χ2v) is 8.97. The summed E-state index contributed by atoms with van der Waals surface area (Å²) in [5.74, 6) is 4.93. The SMILES string of the molecule is CC(C)(C)OC(=O)CCNS(=O)(=O)c1ccc2c(Cl)cnc(N=CNN)c2c1. The van der Waals surface area contributed by atoms with Crippen molar-refractivity contribution in [1.82, 2.24) is 15.1 Å². The molecule has 1 aromatic heterocycles. The molecule has 0 amide bonds. The van der Waals surface area contributed by atoms with Crippen LogP contribution < -0.4 is 16.0 Å². The summed E-state index contributed by atoms with van der Waals surface area (Å²) in [6, 6.07) is 4.39. The van der Waals surface area contributed by atoms with Gasteiger partial charge in [0, 0.05) is 23.5 Å². The van der Waals surface area contributed by atoms with Gasteiger partial charge >= 0.3 is 5.97 Å². The number of rotatable bonds is 7. The summed E-state index contributed by atoms with van der Waals surface area (Å²) >= 11 is 6.13. The Kier molecular flexibility index (Phi) is 6.94. The lowest BCUT2D eigenvalue weighted by atomic mass is 10.1. The van der Waals surface area contributed by atoms with Gasteiger partial charge in [-0.3, -0.25) is 4.79 Å². The molecular formula is C17H22ClN5O4S. The third-order valence-electron chi connectivity index (χ3n) is 3.40. The van der Waals surface area contributed by atoms with Gasteiger partial charge in [0.2, 0.25) is 10.0 Å². The van der Waals surface area contributed by atoms with Crippen molar-refractivity contribution in [3.05, 3.63) is 29.4 Å². The summed E-state index contributed by atoms with van der Waals surface area (Å²) < 4.78 is 32.7. The van der Waals surface area contributed by atoms with E-state index in [1.807, 2.05) is 0 Å². The normalized spacial score (nSPS) is 12.5. The number of carbonyl (C=O) groups excluding carboxylic acids is 1. The number of benzene rings is 1. The van der Waals surface area contributed by atoms with Crippen LogP contribution in [0.1, 0.15) is 27.2 Å². The number of fused-ring (bicyclic) bond motifs is 1. The monoisotopic (exact) mass is 427 g/mol. The van der Waals surface area contributed by atoms with Crippen LogP contribution in [0.2, 0.25) is 5.02 Å². The fourth-order valence-corrected chi connectivity index (χ4v) is 3.58. The molecule has 0 fully saturated rings. The summed E-state index contributed by atoms with van der Waals surface area (Å²) in [7, 11) is -3.86. The van der Waals surface area contributed by atoms with Gasteiger partial charge in [0.1, 0.15) is 11.9 Å². The maximum absolute atomic E-state index is 12.6. The molecular weight excluding hydrogens is 406 g/mol. The van der Waals surface area contributed by atoms with Crippen molar-refractivity contribution in [1.29, 1.82) is 0 Å². The van der Waals surface area contributed by atoms with E-state index in [1.165, 1.54) is 24.7 Å². The molecule has 0 saturated carbocycles. The molecule has 0 saturated heterocycles. The molecule has 0 aliphatic rings. The zero-order valence-electron chi connectivity index (χ0n) is 15.7. The lowest BCUT2D eigenvalue weighted by Crippen LogP contribution is -2.29. The molecule has 0 atom stereocenters. The Hall–Kier alpha value is -2.27. The maximum Gasteiger partial charge on any atom is 0.307 e. The number of hydrazine groups is 1. The molecule has 1 aromatic carbocycles. The van der Waals surface area contributed by atoms with Crippen molar-refractivity contribution < 1.29 is 17.9 Å². The third kappa shape index (κ3) is 5.86. The quantitative estimate of drug-likeness (QED) is 0.202. The Labute approximate surface area is 168 Å². The molecule has 0 bridgehead atoms. The fourth-order valence-electron chi connectivity index (χ4n) is 2.31. The van der Waals surface area contributed by atoms with Gasteiger partial charge in [-0.25, -0.2) is 29.0 Å². The third-order valence-corrected chi connectivity index (χ3v) is 5.16. The first-order valence-corrected chi connectivity index (χ1v) is 10.2. The van der Waals surface area contributed by atoms with Crippen molar-refractivity contribution in [2.24, 2.45) is 10.8 Å². The minimum absolute atomic E-state index is 0.00888. The van der Waals surface area contributed by atoms with E-state index >= 15 is 0 Å². The Balaban J connectivity index is 2.23. The summed E-state index contributed by atoms with van der Waals surface area (Å²) in [4.78, 5) is 19.8. The van der Waals surface area contributed by atoms with Crippen LogP contribution in [0, 0.1) is 0 Å². The van der Waals surface area contributed by atoms with Crippen LogP contribution in [0.4, 0.5) is 5.82 Å². The summed E-state index contributed by atoms with van der Waals surface area (Å²) in [6.07, 6.45) is 2.55. The molecule has 0 spiro atoms. The van der Waals surface area contributed by atoms with Crippen LogP contribution in [0.25, 0.3) is 10.8 Å². The highest BCUT2D eigenvalue weighted by atomic mass is 35.5. The Morgan fingerprint density at radius 1 is 1.36 bits per heavy atom. The number of hydrogen-bond donors (Lipinski definition) is 3. The molecule has 0 radical (unpaired) electrons. The summed E-state index contributed by atoms with van der Waals surface area (Å²) in [6.45, 7) is 5.13. The predicted molar refractivity (Wildman–Crippen MR) is 108 cm³/mol. The van der Waals surface area contributed by atoms with Crippen LogP contribution in [0.5, 0.6) is 0 Å². The largest absolute Gasteiger partial charge is 0.460 e. The van der Waals surface area contributed by atoms with Crippen molar-refractivity contribution in [2.75, 3.05) is 6.54 Å². The molecule has 0 unspecified atom stereocenters. The van der Waals surface area contributed by atoms with Crippen LogP contribution >= 0.6 is 11.6 Å². The number of nitrogens with two attached hydrogens (primary N) is 1. The number of sulfonamides is 1. The van der Waals surface area contributed by atoms with E-state index in [1.54, 1.807) is 26.8 Å². The lowest BCUT2D eigenvalue weighted by molar-refractivity contribution is -0.154. The summed E-state index contributed by atoms with van der Waals surface area (Å²) in [5, 5.41) is 1.39. The fraction of sp³-hybridized carbons (Fsp3) is 0.353. The van der Waals surface area contributed by atoms with Crippen LogP contribution in [0.15, 0.2) is 34.3 Å². The van der Waals surface area contributed by atoms with Crippen molar-refractivity contribution >= 4 is 50.5 Å². The minimum Gasteiger partial charge on any atom is -0.460 e. The molecule has 1 heterocycles. The van der Waals surface area contributed by atoms with Gasteiger partial charge in [-0.15, -0.1) is 0 Å². The van der Waals surface area contributed by atoms with Gasteiger partial charge in [-0.1, -0.05) is 17.7 Å². The van der Waals surface area contributed by atoms with Gasteiger partial charge in [0.15, 0.2) is 5.82 Å². The van der Waals surface area contributed by atoms with E-state index in [0.29, 0.717) is 15.8 Å². The number of halogens is 1. The average molecular weight is 428 g/mol. The smallest absolute Gasteiger partial charge is 0.307 e. The van der Waals surface area contributed by atoms with Crippen LogP contribution in [0.3, 0.4) is 0 Å². The van der Waals surface area contributed by atoms with E-state index in [0.717, 1.165) is 0 Å². The van der Waals surface area contributed by atoms with Crippen LogP contribution in [-0.2, 0) is 19.6 Å². The molecule has 28 heavy (non-hydrogen) atoms. The summed E-state index contributed by atoms with van der Waals surface area (Å²) in [5.41, 5.74) is 1.63. The van der Waals surface area contributed by atoms with E-state index < -0.39 is 21.6 Å². The molecule has 2 rings (SSSR count). The topological polar surface area (TPSA) is 136 Å². The number of nitrogens with one attached hydrogen (secondary N) is 2. The second-order valence-electron chi connectivity index (χ2n) is 6.80. The van der Waals surface area contributed by atoms with E-state index in [4.69, 9.17) is 22.2 Å². The number of ether oxygens (including phenoxy) is 1. The highest BCUT2D eigenvalue weighted by Crippen LogP contribution is 2.31. The second kappa shape index (κ2) is 8.82. The van der Waals surface area contributed by atoms with Crippen molar-refractivity contribution in [3.8, 4) is 0 Å². The highest BCUT2D eigenvalue weighted by Gasteiger charge is 2.19. The molecule has 9 nitrogen and oxygen atoms in total. The highest BCUT2D eigenvalue weighted by molar-refractivity contribution is 7.89. The number of pyridine rings is 1. The first kappa shape index (κ1) is 22.0. The molecule has 0 aliphatic heterocycles. The number of carbonyl (C=O) groups is 1. The van der Waals surface area contributed by atoms with Crippen LogP contribution in [-0.4, -0.2) is 37.9 Å². The maximum atomic E-state index is 12.6. The standard InChI is InChI=1S/C17H22ClN5O4S/c1-17(2,3)27-15(24)6-7-23-28(25,26)11-4-5-12-13(8-11)16(21-10-22-19)20-9-14(12)18/h4-5,8-10,23H,6-7,19H2,1-3H3,(H,20,21,22). The zero-order valence-corrected chi connectivity index (χ0v) is 17.3. The Bertz CT molecular complexity index is 1000. The van der Waals surface area contributed by atoms with E-state index in [9.17, 15) is 13.2 Å². The molecule has 152 valence electrons. The predicted octanol–water partition coefficient (Wildman–Crippen LogP) is 2.02. The molecule has 11 heteroatoms. The van der Waals surface area contributed by atoms with Crippen molar-refractivity contribution in [3.63, 3.8) is 0 Å². The van der Waals surface area contributed by atoms with E-state index in [2.05, 4.69) is 20.1 Å². The minimum atomic E-state index is -3.86. The zero-order chi connectivity index (χ0) is 20.9.